The van der Waals surface area contributed by atoms with Gasteiger partial charge in [0, 0.05) is 6.42 Å². The Morgan fingerprint density at radius 3 is 2.00 bits per heavy atom. The maximum atomic E-state index is 10.4. The van der Waals surface area contributed by atoms with Gasteiger partial charge in [-0.1, -0.05) is 0 Å². The number of hydrogen-bond donors (Lipinski definition) is 2. The average molecular weight is 199 g/mol. The molecule has 0 radical (unpaired) electrons. The first kappa shape index (κ1) is 10.5. The average Bonchev–Trinajstić information content (AvgIpc) is 1.84. The summed E-state index contributed by atoms with van der Waals surface area (Å²) in [5.74, 6) is -1.37. The molecule has 0 aromatic carbocycles. The topological polar surface area (TPSA) is 86.2 Å². The van der Waals surface area contributed by atoms with E-state index in [2.05, 4.69) is 0 Å². The van der Waals surface area contributed by atoms with Gasteiger partial charge in [0.1, 0.15) is 5.38 Å². The van der Waals surface area contributed by atoms with Crippen LogP contribution in [0.15, 0.2) is 0 Å². The quantitative estimate of drug-likeness (QED) is 0.601. The second-order valence-corrected chi connectivity index (χ2v) is 3.02. The van der Waals surface area contributed by atoms with Gasteiger partial charge in [-0.3, -0.25) is 9.59 Å². The fourth-order valence-corrected chi connectivity index (χ4v) is 0.839. The number of hydrogen-bond acceptors (Lipinski definition) is 2. The van der Waals surface area contributed by atoms with Gasteiger partial charge in [-0.15, -0.1) is 23.2 Å². The van der Waals surface area contributed by atoms with Gasteiger partial charge >= 0.3 is 0 Å². The molecule has 11 heavy (non-hydrogen) atoms. The van der Waals surface area contributed by atoms with E-state index in [-0.39, 0.29) is 6.42 Å². The summed E-state index contributed by atoms with van der Waals surface area (Å²) < 4.78 is 0. The van der Waals surface area contributed by atoms with E-state index in [1.807, 2.05) is 0 Å². The smallest absolute Gasteiger partial charge is 0.237 e. The Morgan fingerprint density at radius 2 is 1.73 bits per heavy atom. The van der Waals surface area contributed by atoms with Crippen molar-refractivity contribution in [3.63, 3.8) is 0 Å². The van der Waals surface area contributed by atoms with Gasteiger partial charge in [0.25, 0.3) is 0 Å². The van der Waals surface area contributed by atoms with Crippen LogP contribution in [0.1, 0.15) is 6.42 Å². The van der Waals surface area contributed by atoms with Crippen LogP contribution < -0.4 is 11.5 Å². The lowest BCUT2D eigenvalue weighted by molar-refractivity contribution is -0.118. The fourth-order valence-electron chi connectivity index (χ4n) is 0.474. The standard InChI is InChI=1S/C5H8Cl2N2O2/c6-2(1-3(8)10)4(7)5(9)11/h2,4H,1H2,(H2,8,10)(H2,9,11). The second kappa shape index (κ2) is 4.41. The largest absolute Gasteiger partial charge is 0.370 e. The van der Waals surface area contributed by atoms with Crippen LogP contribution in [0.2, 0.25) is 0 Å². The Bertz CT molecular complexity index is 174. The van der Waals surface area contributed by atoms with Crippen LogP contribution in [0, 0.1) is 0 Å². The molecule has 2 amide bonds. The Balaban J connectivity index is 3.92. The summed E-state index contributed by atoms with van der Waals surface area (Å²) >= 11 is 10.9. The molecule has 64 valence electrons. The van der Waals surface area contributed by atoms with Gasteiger partial charge in [0.05, 0.1) is 5.38 Å². The summed E-state index contributed by atoms with van der Waals surface area (Å²) in [5.41, 5.74) is 9.60. The monoisotopic (exact) mass is 198 g/mol. The molecule has 0 saturated heterocycles. The Kier molecular flexibility index (Phi) is 4.22. The number of alkyl halides is 2. The van der Waals surface area contributed by atoms with Crippen molar-refractivity contribution >= 4 is 35.0 Å². The zero-order valence-corrected chi connectivity index (χ0v) is 7.10. The molecule has 0 aliphatic carbocycles. The molecule has 0 aliphatic heterocycles. The lowest BCUT2D eigenvalue weighted by Gasteiger charge is -2.09. The highest BCUT2D eigenvalue weighted by atomic mass is 35.5. The van der Waals surface area contributed by atoms with Crippen molar-refractivity contribution in [2.45, 2.75) is 17.2 Å². The third-order valence-corrected chi connectivity index (χ3v) is 2.04. The van der Waals surface area contributed by atoms with Crippen molar-refractivity contribution in [2.24, 2.45) is 11.5 Å². The van der Waals surface area contributed by atoms with Crippen molar-refractivity contribution in [1.82, 2.24) is 0 Å². The predicted octanol–water partition coefficient (Wildman–Crippen LogP) is -0.438. The molecule has 4 N–H and O–H groups in total. The van der Waals surface area contributed by atoms with Gasteiger partial charge in [0.2, 0.25) is 11.8 Å². The summed E-state index contributed by atoms with van der Waals surface area (Å²) in [6.07, 6.45) is -0.154. The summed E-state index contributed by atoms with van der Waals surface area (Å²) in [7, 11) is 0. The third-order valence-electron chi connectivity index (χ3n) is 0.986. The molecule has 0 aliphatic rings. The second-order valence-electron chi connectivity index (χ2n) is 1.99. The Labute approximate surface area is 73.8 Å². The van der Waals surface area contributed by atoms with Crippen LogP contribution >= 0.6 is 23.2 Å². The lowest BCUT2D eigenvalue weighted by Crippen LogP contribution is -2.34. The minimum atomic E-state index is -1.05. The van der Waals surface area contributed by atoms with E-state index in [9.17, 15) is 9.59 Å². The minimum Gasteiger partial charge on any atom is -0.370 e. The first-order valence-corrected chi connectivity index (χ1v) is 3.68. The highest BCUT2D eigenvalue weighted by molar-refractivity contribution is 6.37. The summed E-state index contributed by atoms with van der Waals surface area (Å²) in [4.78, 5) is 20.6. The number of carbonyl (C=O) groups excluding carboxylic acids is 2. The zero-order chi connectivity index (χ0) is 9.02. The van der Waals surface area contributed by atoms with Gasteiger partial charge < -0.3 is 11.5 Å². The van der Waals surface area contributed by atoms with Gasteiger partial charge in [-0.05, 0) is 0 Å². The van der Waals surface area contributed by atoms with Gasteiger partial charge in [0.15, 0.2) is 0 Å². The van der Waals surface area contributed by atoms with Crippen molar-refractivity contribution in [3.05, 3.63) is 0 Å². The van der Waals surface area contributed by atoms with Crippen molar-refractivity contribution in [3.8, 4) is 0 Å². The molecule has 6 heteroatoms. The fraction of sp³-hybridized carbons (Fsp3) is 0.600. The highest BCUT2D eigenvalue weighted by Crippen LogP contribution is 2.12. The molecule has 0 bridgehead atoms. The molecule has 2 unspecified atom stereocenters. The Morgan fingerprint density at radius 1 is 1.27 bits per heavy atom. The third kappa shape index (κ3) is 4.06. The molecular formula is C5H8Cl2N2O2. The van der Waals surface area contributed by atoms with Crippen molar-refractivity contribution in [2.75, 3.05) is 0 Å². The van der Waals surface area contributed by atoms with Crippen LogP contribution in [0.5, 0.6) is 0 Å². The summed E-state index contributed by atoms with van der Waals surface area (Å²) in [6.45, 7) is 0. The van der Waals surface area contributed by atoms with E-state index < -0.39 is 22.6 Å². The van der Waals surface area contributed by atoms with E-state index in [0.29, 0.717) is 0 Å². The molecule has 0 spiro atoms. The molecule has 4 nitrogen and oxygen atoms in total. The number of nitrogens with two attached hydrogens (primary N) is 2. The van der Waals surface area contributed by atoms with E-state index in [4.69, 9.17) is 34.7 Å². The normalized spacial score (nSPS) is 15.5. The van der Waals surface area contributed by atoms with E-state index in [1.54, 1.807) is 0 Å². The first-order chi connectivity index (χ1) is 4.95. The molecule has 0 heterocycles. The zero-order valence-electron chi connectivity index (χ0n) is 5.59. The van der Waals surface area contributed by atoms with Gasteiger partial charge in [-0.25, -0.2) is 0 Å². The minimum absolute atomic E-state index is 0.154. The molecule has 0 aromatic rings. The van der Waals surface area contributed by atoms with Gasteiger partial charge in [-0.2, -0.15) is 0 Å². The summed E-state index contributed by atoms with van der Waals surface area (Å²) in [5, 5.41) is -1.88. The molecule has 0 fully saturated rings. The Hall–Kier alpha value is -0.480. The maximum Gasteiger partial charge on any atom is 0.237 e. The van der Waals surface area contributed by atoms with Crippen LogP contribution in [-0.4, -0.2) is 22.6 Å². The van der Waals surface area contributed by atoms with Crippen LogP contribution in [0.4, 0.5) is 0 Å². The predicted molar refractivity (Wildman–Crippen MR) is 42.3 cm³/mol. The lowest BCUT2D eigenvalue weighted by atomic mass is 10.2. The SMILES string of the molecule is NC(=O)CC(Cl)C(Cl)C(N)=O. The number of carbonyl (C=O) groups is 2. The molecule has 0 rings (SSSR count). The molecular weight excluding hydrogens is 191 g/mol. The van der Waals surface area contributed by atoms with Crippen LogP contribution in [0.25, 0.3) is 0 Å². The van der Waals surface area contributed by atoms with Crippen molar-refractivity contribution < 1.29 is 9.59 Å². The highest BCUT2D eigenvalue weighted by Gasteiger charge is 2.23. The molecule has 0 aromatic heterocycles. The van der Waals surface area contributed by atoms with E-state index >= 15 is 0 Å². The number of rotatable bonds is 4. The summed E-state index contributed by atoms with van der Waals surface area (Å²) in [6, 6.07) is 0. The number of amides is 2. The number of primary amides is 2. The van der Waals surface area contributed by atoms with Crippen LogP contribution in [-0.2, 0) is 9.59 Å². The van der Waals surface area contributed by atoms with Crippen LogP contribution in [0.3, 0.4) is 0 Å². The molecule has 0 saturated carbocycles. The number of halogens is 2. The van der Waals surface area contributed by atoms with E-state index in [1.165, 1.54) is 0 Å². The molecule has 2 atom stereocenters. The van der Waals surface area contributed by atoms with E-state index in [0.717, 1.165) is 0 Å². The van der Waals surface area contributed by atoms with Crippen molar-refractivity contribution in [1.29, 1.82) is 0 Å². The first-order valence-electron chi connectivity index (χ1n) is 2.81. The maximum absolute atomic E-state index is 10.4.